The average Bonchev–Trinajstić information content (AvgIpc) is 2.69. The van der Waals surface area contributed by atoms with Crippen molar-refractivity contribution in [1.82, 2.24) is 9.78 Å². The van der Waals surface area contributed by atoms with Gasteiger partial charge in [-0.15, -0.1) is 0 Å². The monoisotopic (exact) mass is 311 g/mol. The highest BCUT2D eigenvalue weighted by atomic mass is 35.5. The summed E-state index contributed by atoms with van der Waals surface area (Å²) in [6.45, 7) is 6.70. The molecule has 0 radical (unpaired) electrons. The molecule has 1 heterocycles. The standard InChI is InChI=1S/C15H19Cl2N3/c1-4-20-13(15(17)10(3)19-20)8-12(18)11-7-5-6-9(2)14(11)16/h5-7,12H,4,8,18H2,1-3H3. The zero-order valence-electron chi connectivity index (χ0n) is 12.0. The highest BCUT2D eigenvalue weighted by Gasteiger charge is 2.18. The highest BCUT2D eigenvalue weighted by molar-refractivity contribution is 6.32. The average molecular weight is 312 g/mol. The third kappa shape index (κ3) is 2.85. The normalized spacial score (nSPS) is 12.7. The highest BCUT2D eigenvalue weighted by Crippen LogP contribution is 2.29. The minimum atomic E-state index is -0.193. The molecule has 0 aliphatic heterocycles. The van der Waals surface area contributed by atoms with Gasteiger partial charge in [0.05, 0.1) is 16.4 Å². The van der Waals surface area contributed by atoms with Crippen molar-refractivity contribution in [2.45, 2.75) is 39.8 Å². The van der Waals surface area contributed by atoms with Crippen LogP contribution >= 0.6 is 23.2 Å². The number of benzene rings is 1. The van der Waals surface area contributed by atoms with Gasteiger partial charge in [0.25, 0.3) is 0 Å². The second-order valence-electron chi connectivity index (χ2n) is 4.95. The van der Waals surface area contributed by atoms with Crippen LogP contribution in [0.3, 0.4) is 0 Å². The lowest BCUT2D eigenvalue weighted by Crippen LogP contribution is -2.17. The smallest absolute Gasteiger partial charge is 0.0847 e. The summed E-state index contributed by atoms with van der Waals surface area (Å²) in [7, 11) is 0. The van der Waals surface area contributed by atoms with E-state index < -0.39 is 0 Å². The van der Waals surface area contributed by atoms with Gasteiger partial charge >= 0.3 is 0 Å². The van der Waals surface area contributed by atoms with E-state index in [1.54, 1.807) is 0 Å². The van der Waals surface area contributed by atoms with Crippen LogP contribution in [0, 0.1) is 13.8 Å². The number of nitrogens with zero attached hydrogens (tertiary/aromatic N) is 2. The van der Waals surface area contributed by atoms with Gasteiger partial charge in [0.1, 0.15) is 0 Å². The molecule has 0 aliphatic carbocycles. The summed E-state index contributed by atoms with van der Waals surface area (Å²) in [6.07, 6.45) is 0.622. The van der Waals surface area contributed by atoms with Crippen molar-refractivity contribution >= 4 is 23.2 Å². The molecule has 1 atom stereocenters. The predicted molar refractivity (Wildman–Crippen MR) is 84.5 cm³/mol. The number of nitrogens with two attached hydrogens (primary N) is 1. The van der Waals surface area contributed by atoms with Crippen molar-refractivity contribution in [3.05, 3.63) is 50.8 Å². The fraction of sp³-hybridized carbons (Fsp3) is 0.400. The minimum absolute atomic E-state index is 0.193. The summed E-state index contributed by atoms with van der Waals surface area (Å²) in [6, 6.07) is 5.72. The maximum absolute atomic E-state index is 6.34. The lowest BCUT2D eigenvalue weighted by Gasteiger charge is -2.16. The number of aromatic nitrogens is 2. The molecule has 0 saturated heterocycles. The molecule has 1 aromatic heterocycles. The Morgan fingerprint density at radius 2 is 1.95 bits per heavy atom. The number of aryl methyl sites for hydroxylation is 3. The second-order valence-corrected chi connectivity index (χ2v) is 5.71. The van der Waals surface area contributed by atoms with E-state index in [0.29, 0.717) is 11.4 Å². The van der Waals surface area contributed by atoms with Crippen molar-refractivity contribution < 1.29 is 0 Å². The van der Waals surface area contributed by atoms with Crippen LogP contribution in [-0.2, 0) is 13.0 Å². The van der Waals surface area contributed by atoms with Gasteiger partial charge in [-0.25, -0.2) is 0 Å². The Morgan fingerprint density at radius 1 is 1.25 bits per heavy atom. The number of hydrogen-bond acceptors (Lipinski definition) is 2. The topological polar surface area (TPSA) is 43.8 Å². The molecule has 108 valence electrons. The van der Waals surface area contributed by atoms with Gasteiger partial charge in [-0.1, -0.05) is 41.4 Å². The van der Waals surface area contributed by atoms with E-state index in [9.17, 15) is 0 Å². The van der Waals surface area contributed by atoms with Crippen molar-refractivity contribution in [1.29, 1.82) is 0 Å². The summed E-state index contributed by atoms with van der Waals surface area (Å²) in [5, 5.41) is 5.84. The van der Waals surface area contributed by atoms with Gasteiger partial charge in [-0.2, -0.15) is 5.10 Å². The van der Waals surface area contributed by atoms with Crippen LogP contribution < -0.4 is 5.73 Å². The molecule has 0 aliphatic rings. The van der Waals surface area contributed by atoms with Gasteiger partial charge in [0, 0.05) is 24.0 Å². The molecule has 0 spiro atoms. The van der Waals surface area contributed by atoms with E-state index in [1.807, 2.05) is 43.7 Å². The first kappa shape index (κ1) is 15.4. The Hall–Kier alpha value is -1.03. The molecule has 0 bridgehead atoms. The van der Waals surface area contributed by atoms with Gasteiger partial charge < -0.3 is 5.73 Å². The molecule has 5 heteroatoms. The Balaban J connectivity index is 2.32. The largest absolute Gasteiger partial charge is 0.324 e. The summed E-state index contributed by atoms with van der Waals surface area (Å²) in [5.41, 5.74) is 10.1. The van der Waals surface area contributed by atoms with Crippen molar-refractivity contribution in [2.75, 3.05) is 0 Å². The molecular formula is C15H19Cl2N3. The zero-order valence-corrected chi connectivity index (χ0v) is 13.5. The molecule has 0 fully saturated rings. The number of rotatable bonds is 4. The van der Waals surface area contributed by atoms with E-state index in [4.69, 9.17) is 28.9 Å². The fourth-order valence-corrected chi connectivity index (χ4v) is 2.82. The summed E-state index contributed by atoms with van der Waals surface area (Å²) < 4.78 is 1.90. The molecule has 3 nitrogen and oxygen atoms in total. The molecular weight excluding hydrogens is 293 g/mol. The van der Waals surface area contributed by atoms with Crippen molar-refractivity contribution in [3.8, 4) is 0 Å². The van der Waals surface area contributed by atoms with E-state index >= 15 is 0 Å². The number of halogens is 2. The van der Waals surface area contributed by atoms with Gasteiger partial charge in [-0.3, -0.25) is 4.68 Å². The molecule has 0 saturated carbocycles. The summed E-state index contributed by atoms with van der Waals surface area (Å²) >= 11 is 12.7. The minimum Gasteiger partial charge on any atom is -0.324 e. The fourth-order valence-electron chi connectivity index (χ4n) is 2.34. The molecule has 2 rings (SSSR count). The molecule has 1 unspecified atom stereocenters. The maximum Gasteiger partial charge on any atom is 0.0847 e. The van der Waals surface area contributed by atoms with E-state index in [-0.39, 0.29) is 6.04 Å². The Bertz CT molecular complexity index is 620. The van der Waals surface area contributed by atoms with Crippen molar-refractivity contribution in [3.63, 3.8) is 0 Å². The summed E-state index contributed by atoms with van der Waals surface area (Å²) in [4.78, 5) is 0. The molecule has 20 heavy (non-hydrogen) atoms. The third-order valence-corrected chi connectivity index (χ3v) is 4.50. The Morgan fingerprint density at radius 3 is 2.60 bits per heavy atom. The van der Waals surface area contributed by atoms with E-state index in [0.717, 1.165) is 34.1 Å². The lowest BCUT2D eigenvalue weighted by molar-refractivity contribution is 0.587. The van der Waals surface area contributed by atoms with Crippen LogP contribution in [-0.4, -0.2) is 9.78 Å². The van der Waals surface area contributed by atoms with Crippen LogP contribution in [0.5, 0.6) is 0 Å². The second kappa shape index (κ2) is 6.17. The first-order valence-corrected chi connectivity index (χ1v) is 7.43. The quantitative estimate of drug-likeness (QED) is 0.925. The first-order chi connectivity index (χ1) is 9.45. The Labute approximate surface area is 129 Å². The van der Waals surface area contributed by atoms with Gasteiger partial charge in [0.15, 0.2) is 0 Å². The van der Waals surface area contributed by atoms with E-state index in [1.165, 1.54) is 0 Å². The van der Waals surface area contributed by atoms with Crippen LogP contribution in [0.1, 0.15) is 35.5 Å². The molecule has 0 amide bonds. The van der Waals surface area contributed by atoms with Crippen LogP contribution in [0.2, 0.25) is 10.0 Å². The predicted octanol–water partition coefficient (Wildman–Crippen LogP) is 4.07. The Kier molecular flexibility index (Phi) is 4.74. The molecule has 2 N–H and O–H groups in total. The van der Waals surface area contributed by atoms with Crippen molar-refractivity contribution in [2.24, 2.45) is 5.73 Å². The summed E-state index contributed by atoms with van der Waals surface area (Å²) in [5.74, 6) is 0. The van der Waals surface area contributed by atoms with Crippen LogP contribution in [0.4, 0.5) is 0 Å². The zero-order chi connectivity index (χ0) is 14.9. The third-order valence-electron chi connectivity index (χ3n) is 3.49. The molecule has 2 aromatic rings. The maximum atomic E-state index is 6.34. The van der Waals surface area contributed by atoms with Gasteiger partial charge in [0.2, 0.25) is 0 Å². The van der Waals surface area contributed by atoms with Crippen LogP contribution in [0.25, 0.3) is 0 Å². The SMILES string of the molecule is CCn1nc(C)c(Cl)c1CC(N)c1cccc(C)c1Cl. The van der Waals surface area contributed by atoms with Crippen LogP contribution in [0.15, 0.2) is 18.2 Å². The van der Waals surface area contributed by atoms with E-state index in [2.05, 4.69) is 5.10 Å². The lowest BCUT2D eigenvalue weighted by atomic mass is 10.0. The number of hydrogen-bond donors (Lipinski definition) is 1. The molecule has 1 aromatic carbocycles. The first-order valence-electron chi connectivity index (χ1n) is 6.68. The van der Waals surface area contributed by atoms with Gasteiger partial charge in [-0.05, 0) is 31.9 Å².